The number of likely N-dealkylation sites (tertiary alicyclic amines) is 1. The monoisotopic (exact) mass is 398 g/mol. The van der Waals surface area contributed by atoms with Crippen LogP contribution < -0.4 is 0 Å². The molecule has 3 rings (SSSR count). The van der Waals surface area contributed by atoms with Crippen molar-refractivity contribution in [1.82, 2.24) is 20.0 Å². The van der Waals surface area contributed by atoms with Crippen molar-refractivity contribution in [3.8, 4) is 11.3 Å². The molecule has 1 fully saturated rings. The zero-order chi connectivity index (χ0) is 20.6. The third-order valence-electron chi connectivity index (χ3n) is 5.39. The first-order chi connectivity index (χ1) is 14.1. The van der Waals surface area contributed by atoms with Crippen molar-refractivity contribution in [3.63, 3.8) is 0 Å². The summed E-state index contributed by atoms with van der Waals surface area (Å²) in [5, 5.41) is 7.18. The summed E-state index contributed by atoms with van der Waals surface area (Å²) < 4.78 is 5.04. The minimum atomic E-state index is -0.279. The van der Waals surface area contributed by atoms with Gasteiger partial charge in [-0.3, -0.25) is 19.6 Å². The molecule has 0 radical (unpaired) electrons. The van der Waals surface area contributed by atoms with E-state index in [1.165, 1.54) is 0 Å². The van der Waals surface area contributed by atoms with E-state index in [1.807, 2.05) is 30.3 Å². The summed E-state index contributed by atoms with van der Waals surface area (Å²) in [6, 6.07) is 11.8. The van der Waals surface area contributed by atoms with E-state index in [9.17, 15) is 9.59 Å². The first-order valence-corrected chi connectivity index (χ1v) is 10.4. The number of H-pyrrole nitrogens is 1. The fourth-order valence-electron chi connectivity index (χ4n) is 3.87. The number of ether oxygens (including phenoxy) is 1. The summed E-state index contributed by atoms with van der Waals surface area (Å²) >= 11 is 0. The van der Waals surface area contributed by atoms with Crippen LogP contribution in [-0.4, -0.2) is 70.7 Å². The largest absolute Gasteiger partial charge is 0.466 e. The number of hydrogen-bond donors (Lipinski definition) is 1. The maximum absolute atomic E-state index is 13.2. The lowest BCUT2D eigenvalue weighted by Gasteiger charge is -2.30. The van der Waals surface area contributed by atoms with E-state index >= 15 is 0 Å². The summed E-state index contributed by atoms with van der Waals surface area (Å²) in [5.74, 6) is -0.411. The SMILES string of the molecule is CCOC(=O)CCN(CC1CCCN1CC)C(=O)c1cc(-c2ccccc2)n[nH]1. The van der Waals surface area contributed by atoms with Crippen molar-refractivity contribution in [1.29, 1.82) is 0 Å². The number of carbonyl (C=O) groups is 2. The van der Waals surface area contributed by atoms with Crippen LogP contribution >= 0.6 is 0 Å². The molecule has 1 N–H and O–H groups in total. The summed E-state index contributed by atoms with van der Waals surface area (Å²) in [4.78, 5) is 29.2. The average molecular weight is 399 g/mol. The van der Waals surface area contributed by atoms with Gasteiger partial charge in [-0.25, -0.2) is 0 Å². The van der Waals surface area contributed by atoms with Crippen molar-refractivity contribution in [2.75, 3.05) is 32.8 Å². The molecule has 1 aromatic carbocycles. The van der Waals surface area contributed by atoms with E-state index < -0.39 is 0 Å². The number of carbonyl (C=O) groups excluding carboxylic acids is 2. The van der Waals surface area contributed by atoms with Gasteiger partial charge in [0, 0.05) is 24.7 Å². The number of nitrogens with zero attached hydrogens (tertiary/aromatic N) is 3. The summed E-state index contributed by atoms with van der Waals surface area (Å²) in [6.45, 7) is 7.24. The predicted molar refractivity (Wildman–Crippen MR) is 111 cm³/mol. The van der Waals surface area contributed by atoms with Crippen LogP contribution in [0.3, 0.4) is 0 Å². The number of amides is 1. The number of aromatic amines is 1. The van der Waals surface area contributed by atoms with Gasteiger partial charge in [0.05, 0.1) is 18.7 Å². The van der Waals surface area contributed by atoms with Crippen LogP contribution in [0.4, 0.5) is 0 Å². The molecule has 1 aromatic heterocycles. The fraction of sp³-hybridized carbons (Fsp3) is 0.500. The highest BCUT2D eigenvalue weighted by Crippen LogP contribution is 2.21. The molecule has 1 aliphatic heterocycles. The van der Waals surface area contributed by atoms with Crippen molar-refractivity contribution in [2.45, 2.75) is 39.2 Å². The lowest BCUT2D eigenvalue weighted by molar-refractivity contribution is -0.143. The Balaban J connectivity index is 1.74. The zero-order valence-electron chi connectivity index (χ0n) is 17.3. The Hall–Kier alpha value is -2.67. The molecule has 0 bridgehead atoms. The van der Waals surface area contributed by atoms with Gasteiger partial charge in [0.2, 0.25) is 0 Å². The number of rotatable bonds is 9. The highest BCUT2D eigenvalue weighted by Gasteiger charge is 2.28. The predicted octanol–water partition coefficient (Wildman–Crippen LogP) is 2.96. The fourth-order valence-corrected chi connectivity index (χ4v) is 3.87. The van der Waals surface area contributed by atoms with E-state index in [0.29, 0.717) is 31.4 Å². The van der Waals surface area contributed by atoms with Gasteiger partial charge in [0.15, 0.2) is 0 Å². The van der Waals surface area contributed by atoms with Crippen LogP contribution in [0.15, 0.2) is 36.4 Å². The molecule has 1 aliphatic rings. The number of benzene rings is 1. The Morgan fingerprint density at radius 2 is 2.07 bits per heavy atom. The molecular weight excluding hydrogens is 368 g/mol. The quantitative estimate of drug-likeness (QED) is 0.657. The molecule has 2 aromatic rings. The Morgan fingerprint density at radius 1 is 1.28 bits per heavy atom. The second-order valence-corrected chi connectivity index (χ2v) is 7.26. The third-order valence-corrected chi connectivity index (χ3v) is 5.39. The lowest BCUT2D eigenvalue weighted by Crippen LogP contribution is -2.44. The second kappa shape index (κ2) is 10.2. The number of nitrogens with one attached hydrogen (secondary N) is 1. The maximum atomic E-state index is 13.2. The van der Waals surface area contributed by atoms with Gasteiger partial charge >= 0.3 is 5.97 Å². The minimum Gasteiger partial charge on any atom is -0.466 e. The Bertz CT molecular complexity index is 805. The van der Waals surface area contributed by atoms with E-state index in [-0.39, 0.29) is 18.3 Å². The average Bonchev–Trinajstić information content (AvgIpc) is 3.41. The van der Waals surface area contributed by atoms with Crippen LogP contribution in [0, 0.1) is 0 Å². The Morgan fingerprint density at radius 3 is 2.79 bits per heavy atom. The van der Waals surface area contributed by atoms with Gasteiger partial charge in [0.1, 0.15) is 5.69 Å². The molecular formula is C22H30N4O3. The summed E-state index contributed by atoms with van der Waals surface area (Å²) in [5.41, 5.74) is 2.12. The third kappa shape index (κ3) is 5.44. The zero-order valence-corrected chi connectivity index (χ0v) is 17.3. The standard InChI is InChI=1S/C22H30N4O3/c1-3-25-13-8-11-18(25)16-26(14-12-21(27)29-4-2)22(28)20-15-19(23-24-20)17-9-6-5-7-10-17/h5-7,9-10,15,18H,3-4,8,11-14,16H2,1-2H3,(H,23,24). The first-order valence-electron chi connectivity index (χ1n) is 10.4. The number of hydrogen-bond acceptors (Lipinski definition) is 5. The van der Waals surface area contributed by atoms with Crippen LogP contribution in [0.1, 0.15) is 43.6 Å². The van der Waals surface area contributed by atoms with Gasteiger partial charge in [-0.1, -0.05) is 37.3 Å². The molecule has 0 aliphatic carbocycles. The first kappa shape index (κ1) is 21.0. The molecule has 1 atom stereocenters. The molecule has 0 saturated carbocycles. The van der Waals surface area contributed by atoms with Crippen molar-refractivity contribution < 1.29 is 14.3 Å². The van der Waals surface area contributed by atoms with Gasteiger partial charge in [0.25, 0.3) is 5.91 Å². The summed E-state index contributed by atoms with van der Waals surface area (Å²) in [6.07, 6.45) is 2.40. The highest BCUT2D eigenvalue weighted by molar-refractivity contribution is 5.93. The van der Waals surface area contributed by atoms with Crippen molar-refractivity contribution in [2.24, 2.45) is 0 Å². The van der Waals surface area contributed by atoms with E-state index in [1.54, 1.807) is 17.9 Å². The molecule has 1 unspecified atom stereocenters. The molecule has 1 amide bonds. The molecule has 29 heavy (non-hydrogen) atoms. The molecule has 7 heteroatoms. The molecule has 2 heterocycles. The number of aromatic nitrogens is 2. The maximum Gasteiger partial charge on any atom is 0.307 e. The van der Waals surface area contributed by atoms with Crippen LogP contribution in [-0.2, 0) is 9.53 Å². The highest BCUT2D eigenvalue weighted by atomic mass is 16.5. The second-order valence-electron chi connectivity index (χ2n) is 7.26. The van der Waals surface area contributed by atoms with Crippen LogP contribution in [0.2, 0.25) is 0 Å². The van der Waals surface area contributed by atoms with E-state index in [4.69, 9.17) is 4.74 Å². The molecule has 7 nitrogen and oxygen atoms in total. The van der Waals surface area contributed by atoms with Crippen molar-refractivity contribution in [3.05, 3.63) is 42.1 Å². The van der Waals surface area contributed by atoms with E-state index in [0.717, 1.165) is 37.2 Å². The molecule has 1 saturated heterocycles. The normalized spacial score (nSPS) is 16.7. The Kier molecular flexibility index (Phi) is 7.41. The minimum absolute atomic E-state index is 0.132. The van der Waals surface area contributed by atoms with Gasteiger partial charge < -0.3 is 9.64 Å². The molecule has 156 valence electrons. The topological polar surface area (TPSA) is 78.5 Å². The van der Waals surface area contributed by atoms with Gasteiger partial charge in [-0.15, -0.1) is 0 Å². The van der Waals surface area contributed by atoms with Crippen LogP contribution in [0.5, 0.6) is 0 Å². The van der Waals surface area contributed by atoms with E-state index in [2.05, 4.69) is 22.0 Å². The lowest BCUT2D eigenvalue weighted by atomic mass is 10.1. The van der Waals surface area contributed by atoms with Gasteiger partial charge in [-0.2, -0.15) is 5.10 Å². The summed E-state index contributed by atoms with van der Waals surface area (Å²) in [7, 11) is 0. The van der Waals surface area contributed by atoms with Crippen LogP contribution in [0.25, 0.3) is 11.3 Å². The van der Waals surface area contributed by atoms with Crippen molar-refractivity contribution >= 4 is 11.9 Å². The van der Waals surface area contributed by atoms with Gasteiger partial charge in [-0.05, 0) is 38.9 Å². The number of esters is 1. The number of likely N-dealkylation sites (N-methyl/N-ethyl adjacent to an activating group) is 1. The smallest absolute Gasteiger partial charge is 0.307 e. The molecule has 0 spiro atoms. The Labute approximate surface area is 172 Å².